The van der Waals surface area contributed by atoms with Crippen molar-refractivity contribution in [3.05, 3.63) is 43.8 Å². The largest absolute Gasteiger partial charge is 0.379 e. The molecule has 20 heavy (non-hydrogen) atoms. The molecule has 0 atom stereocenters. The van der Waals surface area contributed by atoms with Crippen molar-refractivity contribution in [3.63, 3.8) is 0 Å². The van der Waals surface area contributed by atoms with Crippen LogP contribution in [0.3, 0.4) is 0 Å². The molecular formula is C15H18Cl2N2S. The lowest BCUT2D eigenvalue weighted by Gasteiger charge is -2.13. The van der Waals surface area contributed by atoms with Gasteiger partial charge in [0, 0.05) is 21.5 Å². The van der Waals surface area contributed by atoms with Crippen LogP contribution in [0.2, 0.25) is 10.0 Å². The van der Waals surface area contributed by atoms with Crippen LogP contribution in [-0.2, 0) is 12.0 Å². The number of benzene rings is 1. The predicted molar refractivity (Wildman–Crippen MR) is 89.3 cm³/mol. The zero-order valence-corrected chi connectivity index (χ0v) is 14.4. The third-order valence-electron chi connectivity index (χ3n) is 2.90. The van der Waals surface area contributed by atoms with E-state index in [1.165, 1.54) is 4.88 Å². The van der Waals surface area contributed by atoms with Crippen LogP contribution in [-0.4, -0.2) is 4.98 Å². The van der Waals surface area contributed by atoms with Gasteiger partial charge in [-0.25, -0.2) is 4.98 Å². The van der Waals surface area contributed by atoms with E-state index < -0.39 is 0 Å². The van der Waals surface area contributed by atoms with Crippen molar-refractivity contribution in [2.45, 2.75) is 39.7 Å². The smallest absolute Gasteiger partial charge is 0.0981 e. The molecular weight excluding hydrogens is 311 g/mol. The van der Waals surface area contributed by atoms with Crippen LogP contribution in [0, 0.1) is 6.92 Å². The highest BCUT2D eigenvalue weighted by Crippen LogP contribution is 2.30. The van der Waals surface area contributed by atoms with E-state index in [1.807, 2.05) is 25.3 Å². The number of aromatic nitrogens is 1. The second-order valence-electron chi connectivity index (χ2n) is 5.82. The van der Waals surface area contributed by atoms with E-state index in [4.69, 9.17) is 23.2 Å². The molecule has 1 aromatic heterocycles. The standard InChI is InChI=1S/C15H18Cl2N2S/c1-9-5-12(17)13(6-11(9)16)18-7-10-8-19-14(20-10)15(2,3)4/h5-6,8,18H,7H2,1-4H3. The zero-order valence-electron chi connectivity index (χ0n) is 12.1. The van der Waals surface area contributed by atoms with Gasteiger partial charge in [-0.3, -0.25) is 0 Å². The third-order valence-corrected chi connectivity index (χ3v) is 5.04. The molecule has 0 amide bonds. The number of anilines is 1. The quantitative estimate of drug-likeness (QED) is 0.785. The van der Waals surface area contributed by atoms with Crippen molar-refractivity contribution in [2.75, 3.05) is 5.32 Å². The molecule has 0 fully saturated rings. The number of hydrogen-bond acceptors (Lipinski definition) is 3. The maximum absolute atomic E-state index is 6.21. The number of nitrogens with one attached hydrogen (secondary N) is 1. The Morgan fingerprint density at radius 2 is 1.90 bits per heavy atom. The molecule has 0 unspecified atom stereocenters. The average Bonchev–Trinajstić information content (AvgIpc) is 2.80. The Labute approximate surface area is 134 Å². The molecule has 1 heterocycles. The van der Waals surface area contributed by atoms with E-state index in [0.29, 0.717) is 11.6 Å². The summed E-state index contributed by atoms with van der Waals surface area (Å²) in [6, 6.07) is 3.74. The van der Waals surface area contributed by atoms with Crippen LogP contribution < -0.4 is 5.32 Å². The summed E-state index contributed by atoms with van der Waals surface area (Å²) < 4.78 is 0. The maximum atomic E-state index is 6.21. The molecule has 0 spiro atoms. The molecule has 2 rings (SSSR count). The van der Waals surface area contributed by atoms with Gasteiger partial charge in [0.15, 0.2) is 0 Å². The van der Waals surface area contributed by atoms with E-state index in [2.05, 4.69) is 31.1 Å². The Morgan fingerprint density at radius 1 is 1.20 bits per heavy atom. The average molecular weight is 329 g/mol. The Kier molecular flexibility index (Phi) is 4.62. The third kappa shape index (κ3) is 3.66. The number of aryl methyl sites for hydroxylation is 1. The molecule has 1 N–H and O–H groups in total. The predicted octanol–water partition coefficient (Wildman–Crippen LogP) is 5.67. The molecule has 0 saturated heterocycles. The first-order chi connectivity index (χ1) is 9.27. The normalized spacial score (nSPS) is 11.7. The minimum Gasteiger partial charge on any atom is -0.379 e. The van der Waals surface area contributed by atoms with Gasteiger partial charge in [0.1, 0.15) is 0 Å². The van der Waals surface area contributed by atoms with Crippen molar-refractivity contribution in [1.29, 1.82) is 0 Å². The van der Waals surface area contributed by atoms with Crippen molar-refractivity contribution in [1.82, 2.24) is 4.98 Å². The zero-order chi connectivity index (χ0) is 14.9. The topological polar surface area (TPSA) is 24.9 Å². The van der Waals surface area contributed by atoms with Gasteiger partial charge in [-0.15, -0.1) is 11.3 Å². The fourth-order valence-corrected chi connectivity index (χ4v) is 3.06. The first kappa shape index (κ1) is 15.6. The van der Waals surface area contributed by atoms with Crippen LogP contribution in [0.5, 0.6) is 0 Å². The van der Waals surface area contributed by atoms with Gasteiger partial charge in [0.2, 0.25) is 0 Å². The first-order valence-electron chi connectivity index (χ1n) is 6.42. The molecule has 108 valence electrons. The van der Waals surface area contributed by atoms with E-state index in [-0.39, 0.29) is 5.41 Å². The summed E-state index contributed by atoms with van der Waals surface area (Å²) in [6.45, 7) is 9.14. The molecule has 2 aromatic rings. The van der Waals surface area contributed by atoms with E-state index >= 15 is 0 Å². The second kappa shape index (κ2) is 5.92. The van der Waals surface area contributed by atoms with E-state index in [9.17, 15) is 0 Å². The lowest BCUT2D eigenvalue weighted by molar-refractivity contribution is 0.585. The van der Waals surface area contributed by atoms with Gasteiger partial charge >= 0.3 is 0 Å². The first-order valence-corrected chi connectivity index (χ1v) is 7.99. The fourth-order valence-electron chi connectivity index (χ4n) is 1.70. The van der Waals surface area contributed by atoms with Crippen LogP contribution in [0.4, 0.5) is 5.69 Å². The van der Waals surface area contributed by atoms with Crippen molar-refractivity contribution in [3.8, 4) is 0 Å². The van der Waals surface area contributed by atoms with Crippen LogP contribution in [0.1, 0.15) is 36.2 Å². The monoisotopic (exact) mass is 328 g/mol. The number of hydrogen-bond donors (Lipinski definition) is 1. The lowest BCUT2D eigenvalue weighted by Crippen LogP contribution is -2.09. The highest BCUT2D eigenvalue weighted by molar-refractivity contribution is 7.11. The van der Waals surface area contributed by atoms with Crippen molar-refractivity contribution >= 4 is 40.2 Å². The molecule has 0 radical (unpaired) electrons. The fraction of sp³-hybridized carbons (Fsp3) is 0.400. The molecule has 5 heteroatoms. The Hall–Kier alpha value is -0.770. The number of nitrogens with zero attached hydrogens (tertiary/aromatic N) is 1. The molecule has 0 bridgehead atoms. The second-order valence-corrected chi connectivity index (χ2v) is 7.75. The molecule has 0 aliphatic heterocycles. The maximum Gasteiger partial charge on any atom is 0.0981 e. The van der Waals surface area contributed by atoms with Gasteiger partial charge in [-0.2, -0.15) is 0 Å². The number of halogens is 2. The Morgan fingerprint density at radius 3 is 2.50 bits per heavy atom. The molecule has 1 aromatic carbocycles. The minimum atomic E-state index is 0.0910. The molecule has 2 nitrogen and oxygen atoms in total. The van der Waals surface area contributed by atoms with Crippen LogP contribution >= 0.6 is 34.5 Å². The van der Waals surface area contributed by atoms with Gasteiger partial charge in [-0.05, 0) is 24.6 Å². The highest BCUT2D eigenvalue weighted by Gasteiger charge is 2.17. The molecule has 0 aliphatic carbocycles. The van der Waals surface area contributed by atoms with E-state index in [1.54, 1.807) is 11.3 Å². The van der Waals surface area contributed by atoms with Crippen molar-refractivity contribution < 1.29 is 0 Å². The summed E-state index contributed by atoms with van der Waals surface area (Å²) in [5.74, 6) is 0. The molecule has 0 aliphatic rings. The van der Waals surface area contributed by atoms with Crippen LogP contribution in [0.15, 0.2) is 18.3 Å². The summed E-state index contributed by atoms with van der Waals surface area (Å²) >= 11 is 14.1. The van der Waals surface area contributed by atoms with Gasteiger partial charge in [0.25, 0.3) is 0 Å². The summed E-state index contributed by atoms with van der Waals surface area (Å²) in [5, 5.41) is 5.86. The minimum absolute atomic E-state index is 0.0910. The van der Waals surface area contributed by atoms with Crippen LogP contribution in [0.25, 0.3) is 0 Å². The summed E-state index contributed by atoms with van der Waals surface area (Å²) in [6.07, 6.45) is 1.92. The molecule has 0 saturated carbocycles. The number of thiazole rings is 1. The SMILES string of the molecule is Cc1cc(Cl)c(NCc2cnc(C(C)(C)C)s2)cc1Cl. The summed E-state index contributed by atoms with van der Waals surface area (Å²) in [5.41, 5.74) is 1.93. The Bertz CT molecular complexity index is 615. The highest BCUT2D eigenvalue weighted by atomic mass is 35.5. The van der Waals surface area contributed by atoms with E-state index in [0.717, 1.165) is 21.3 Å². The van der Waals surface area contributed by atoms with Crippen molar-refractivity contribution in [2.24, 2.45) is 0 Å². The van der Waals surface area contributed by atoms with Gasteiger partial charge in [0.05, 0.1) is 22.3 Å². The summed E-state index contributed by atoms with van der Waals surface area (Å²) in [4.78, 5) is 5.66. The summed E-state index contributed by atoms with van der Waals surface area (Å²) in [7, 11) is 0. The Balaban J connectivity index is 2.09. The lowest BCUT2D eigenvalue weighted by atomic mass is 9.98. The van der Waals surface area contributed by atoms with Gasteiger partial charge < -0.3 is 5.32 Å². The number of rotatable bonds is 3. The van der Waals surface area contributed by atoms with Gasteiger partial charge in [-0.1, -0.05) is 44.0 Å².